The van der Waals surface area contributed by atoms with E-state index in [0.29, 0.717) is 29.6 Å². The summed E-state index contributed by atoms with van der Waals surface area (Å²) in [4.78, 5) is 28.2. The number of hydrogen-bond donors (Lipinski definition) is 3. The molecule has 5 aromatic rings. The number of benzene rings is 3. The number of hydrogen-bond acceptors (Lipinski definition) is 4. The zero-order valence-electron chi connectivity index (χ0n) is 20.2. The van der Waals surface area contributed by atoms with Gasteiger partial charge in [0.05, 0.1) is 22.4 Å². The Hall–Kier alpha value is -4.53. The van der Waals surface area contributed by atoms with Gasteiger partial charge in [-0.05, 0) is 47.9 Å². The molecule has 1 atom stereocenters. The zero-order valence-corrected chi connectivity index (χ0v) is 20.2. The molecule has 0 saturated carbocycles. The van der Waals surface area contributed by atoms with Crippen molar-refractivity contribution in [2.45, 2.75) is 25.4 Å². The Morgan fingerprint density at radius 1 is 1.00 bits per heavy atom. The van der Waals surface area contributed by atoms with Crippen molar-refractivity contribution in [1.82, 2.24) is 10.3 Å². The first kappa shape index (κ1) is 25.1. The lowest BCUT2D eigenvalue weighted by Gasteiger charge is -2.20. The van der Waals surface area contributed by atoms with Crippen LogP contribution in [-0.2, 0) is 17.4 Å². The lowest BCUT2D eigenvalue weighted by Crippen LogP contribution is -2.23. The molecule has 0 aliphatic heterocycles. The number of rotatable bonds is 6. The summed E-state index contributed by atoms with van der Waals surface area (Å²) in [5.41, 5.74) is 0.795. The van der Waals surface area contributed by atoms with Crippen LogP contribution in [0.1, 0.15) is 40.8 Å². The highest BCUT2D eigenvalue weighted by Gasteiger charge is 2.33. The van der Waals surface area contributed by atoms with Crippen LogP contribution in [0.2, 0.25) is 0 Å². The zero-order chi connectivity index (χ0) is 27.0. The summed E-state index contributed by atoms with van der Waals surface area (Å²) in [6.45, 7) is 1.70. The second kappa shape index (κ2) is 9.74. The van der Waals surface area contributed by atoms with Gasteiger partial charge in [-0.2, -0.15) is 13.2 Å². The molecule has 0 spiro atoms. The van der Waals surface area contributed by atoms with Crippen LogP contribution in [-0.4, -0.2) is 22.5 Å². The number of aromatic hydroxyl groups is 1. The van der Waals surface area contributed by atoms with E-state index >= 15 is 0 Å². The van der Waals surface area contributed by atoms with Crippen molar-refractivity contribution >= 4 is 27.8 Å². The maximum Gasteiger partial charge on any atom is 0.416 e. The fourth-order valence-corrected chi connectivity index (χ4v) is 4.84. The first-order chi connectivity index (χ1) is 18.1. The third-order valence-corrected chi connectivity index (χ3v) is 6.56. The van der Waals surface area contributed by atoms with E-state index < -0.39 is 23.3 Å². The first-order valence-corrected chi connectivity index (χ1v) is 11.9. The molecule has 5 rings (SSSR count). The van der Waals surface area contributed by atoms with Crippen molar-refractivity contribution in [3.05, 3.63) is 111 Å². The topological polar surface area (TPSA) is 95.3 Å². The number of halogens is 3. The summed E-state index contributed by atoms with van der Waals surface area (Å²) in [6, 6.07) is 18.4. The van der Waals surface area contributed by atoms with Gasteiger partial charge in [0.15, 0.2) is 0 Å². The van der Waals surface area contributed by atoms with E-state index in [4.69, 9.17) is 4.42 Å². The minimum Gasteiger partial charge on any atom is -0.507 e. The average molecular weight is 521 g/mol. The van der Waals surface area contributed by atoms with E-state index in [-0.39, 0.29) is 22.8 Å². The number of aromatic amines is 1. The minimum absolute atomic E-state index is 0.101. The molecule has 1 unspecified atom stereocenters. The summed E-state index contributed by atoms with van der Waals surface area (Å²) in [5.74, 6) is -1.51. The van der Waals surface area contributed by atoms with Gasteiger partial charge in [0.25, 0.3) is 0 Å². The number of para-hydroxylation sites is 2. The molecule has 3 aromatic carbocycles. The molecule has 0 aliphatic rings. The molecule has 0 aliphatic carbocycles. The lowest BCUT2D eigenvalue weighted by molar-refractivity contribution is -0.137. The number of amides is 1. The monoisotopic (exact) mass is 520 g/mol. The van der Waals surface area contributed by atoms with Gasteiger partial charge in [-0.15, -0.1) is 0 Å². The predicted octanol–water partition coefficient (Wildman–Crippen LogP) is 5.86. The molecule has 2 aromatic heterocycles. The highest BCUT2D eigenvalue weighted by Crippen LogP contribution is 2.41. The van der Waals surface area contributed by atoms with Gasteiger partial charge in [-0.25, -0.2) is 4.79 Å². The Morgan fingerprint density at radius 3 is 2.34 bits per heavy atom. The standard InChI is InChI=1S/C29H23F3N2O4/c1-16(35)33-15-14-20-19-6-2-4-8-22(19)34-26(20)24(17-10-12-18(13-11-17)29(30,31)32)25-27(36)21-7-3-5-9-23(21)38-28(25)37/h2-13,24,34,36H,14-15H2,1H3,(H,33,35). The Morgan fingerprint density at radius 2 is 1.66 bits per heavy atom. The van der Waals surface area contributed by atoms with Crippen LogP contribution in [0.4, 0.5) is 13.2 Å². The largest absolute Gasteiger partial charge is 0.507 e. The van der Waals surface area contributed by atoms with Crippen LogP contribution in [0.25, 0.3) is 21.9 Å². The summed E-state index contributed by atoms with van der Waals surface area (Å²) in [6.07, 6.45) is -4.17. The SMILES string of the molecule is CC(=O)NCCc1c(C(c2ccc(C(F)(F)F)cc2)c2c(O)c3ccccc3oc2=O)[nH]c2ccccc12. The Balaban J connectivity index is 1.78. The van der Waals surface area contributed by atoms with Crippen molar-refractivity contribution < 1.29 is 27.5 Å². The molecule has 0 saturated heterocycles. The normalized spacial score (nSPS) is 12.6. The van der Waals surface area contributed by atoms with Crippen LogP contribution < -0.4 is 10.9 Å². The van der Waals surface area contributed by atoms with Gasteiger partial charge >= 0.3 is 11.8 Å². The van der Waals surface area contributed by atoms with E-state index in [1.807, 2.05) is 24.3 Å². The van der Waals surface area contributed by atoms with E-state index in [0.717, 1.165) is 28.6 Å². The summed E-state index contributed by atoms with van der Waals surface area (Å²) in [7, 11) is 0. The molecule has 0 radical (unpaired) electrons. The van der Waals surface area contributed by atoms with Gasteiger partial charge < -0.3 is 19.8 Å². The van der Waals surface area contributed by atoms with E-state index in [1.54, 1.807) is 24.3 Å². The predicted molar refractivity (Wildman–Crippen MR) is 137 cm³/mol. The van der Waals surface area contributed by atoms with Gasteiger partial charge in [0.2, 0.25) is 5.91 Å². The molecule has 9 heteroatoms. The number of alkyl halides is 3. The number of fused-ring (bicyclic) bond motifs is 2. The molecule has 2 heterocycles. The lowest BCUT2D eigenvalue weighted by atomic mass is 9.85. The van der Waals surface area contributed by atoms with E-state index in [2.05, 4.69) is 10.3 Å². The van der Waals surface area contributed by atoms with Crippen LogP contribution in [0, 0.1) is 0 Å². The van der Waals surface area contributed by atoms with Crippen molar-refractivity contribution in [3.63, 3.8) is 0 Å². The van der Waals surface area contributed by atoms with Crippen LogP contribution in [0.3, 0.4) is 0 Å². The van der Waals surface area contributed by atoms with Crippen molar-refractivity contribution in [3.8, 4) is 5.75 Å². The summed E-state index contributed by atoms with van der Waals surface area (Å²) in [5, 5.41) is 15.2. The second-order valence-corrected chi connectivity index (χ2v) is 9.00. The highest BCUT2D eigenvalue weighted by atomic mass is 19.4. The van der Waals surface area contributed by atoms with Crippen molar-refractivity contribution in [1.29, 1.82) is 0 Å². The van der Waals surface area contributed by atoms with Crippen molar-refractivity contribution in [2.24, 2.45) is 0 Å². The third-order valence-electron chi connectivity index (χ3n) is 6.56. The maximum absolute atomic E-state index is 13.3. The van der Waals surface area contributed by atoms with Gasteiger partial charge in [0.1, 0.15) is 11.3 Å². The molecule has 0 bridgehead atoms. The maximum atomic E-state index is 13.3. The van der Waals surface area contributed by atoms with Crippen LogP contribution >= 0.6 is 0 Å². The smallest absolute Gasteiger partial charge is 0.416 e. The number of nitrogens with one attached hydrogen (secondary N) is 2. The average Bonchev–Trinajstić information content (AvgIpc) is 3.24. The summed E-state index contributed by atoms with van der Waals surface area (Å²) < 4.78 is 45.5. The minimum atomic E-state index is -4.54. The molecule has 3 N–H and O–H groups in total. The highest BCUT2D eigenvalue weighted by molar-refractivity contribution is 5.87. The van der Waals surface area contributed by atoms with E-state index in [1.165, 1.54) is 19.1 Å². The van der Waals surface area contributed by atoms with E-state index in [9.17, 15) is 27.9 Å². The van der Waals surface area contributed by atoms with Gasteiger partial charge in [0, 0.05) is 30.1 Å². The van der Waals surface area contributed by atoms with Crippen LogP contribution in [0.5, 0.6) is 5.75 Å². The molecule has 6 nitrogen and oxygen atoms in total. The number of carbonyl (C=O) groups is 1. The molecular weight excluding hydrogens is 497 g/mol. The second-order valence-electron chi connectivity index (χ2n) is 9.00. The Bertz CT molecular complexity index is 1700. The Labute approximate surface area is 214 Å². The van der Waals surface area contributed by atoms with Crippen molar-refractivity contribution in [2.75, 3.05) is 6.54 Å². The third kappa shape index (κ3) is 4.63. The molecule has 1 amide bonds. The molecule has 194 valence electrons. The van der Waals surface area contributed by atoms with Gasteiger partial charge in [-0.3, -0.25) is 4.79 Å². The number of H-pyrrole nitrogens is 1. The van der Waals surface area contributed by atoms with Gasteiger partial charge in [-0.1, -0.05) is 42.5 Å². The number of aromatic nitrogens is 1. The quantitative estimate of drug-likeness (QED) is 0.245. The summed E-state index contributed by atoms with van der Waals surface area (Å²) >= 11 is 0. The fraction of sp³-hybridized carbons (Fsp3) is 0.172. The van der Waals surface area contributed by atoms with Crippen LogP contribution in [0.15, 0.2) is 82.0 Å². The first-order valence-electron chi connectivity index (χ1n) is 11.9. The number of carbonyl (C=O) groups excluding carboxylic acids is 1. The molecular formula is C29H23F3N2O4. The fourth-order valence-electron chi connectivity index (χ4n) is 4.84. The molecule has 38 heavy (non-hydrogen) atoms. The Kier molecular flexibility index (Phi) is 6.44. The molecule has 0 fully saturated rings.